The van der Waals surface area contributed by atoms with Gasteiger partial charge in [0.05, 0.1) is 0 Å². The summed E-state index contributed by atoms with van der Waals surface area (Å²) < 4.78 is 0. The summed E-state index contributed by atoms with van der Waals surface area (Å²) in [5.74, 6) is 0. The second kappa shape index (κ2) is 5.76. The third kappa shape index (κ3) is 4.34. The number of hydrogen-bond donors (Lipinski definition) is 1. The van der Waals surface area contributed by atoms with Gasteiger partial charge in [-0.05, 0) is 64.2 Å². The maximum Gasteiger partial charge on any atom is 0.0343 e. The minimum atomic E-state index is 1.04. The van der Waals surface area contributed by atoms with Gasteiger partial charge in [0.25, 0.3) is 0 Å². The molecular formula is C13H22N2. The lowest BCUT2D eigenvalue weighted by molar-refractivity contribution is 0.405. The van der Waals surface area contributed by atoms with Gasteiger partial charge in [0.2, 0.25) is 0 Å². The third-order valence-electron chi connectivity index (χ3n) is 2.62. The molecule has 0 spiro atoms. The van der Waals surface area contributed by atoms with Gasteiger partial charge < -0.3 is 10.2 Å². The van der Waals surface area contributed by atoms with Crippen LogP contribution in [0.2, 0.25) is 0 Å². The van der Waals surface area contributed by atoms with Crippen molar-refractivity contribution in [3.05, 3.63) is 29.3 Å². The molecular weight excluding hydrogens is 184 g/mol. The van der Waals surface area contributed by atoms with Gasteiger partial charge in [-0.1, -0.05) is 6.07 Å². The van der Waals surface area contributed by atoms with Crippen LogP contribution >= 0.6 is 0 Å². The number of rotatable bonds is 5. The van der Waals surface area contributed by atoms with Crippen LogP contribution in [-0.2, 0) is 0 Å². The monoisotopic (exact) mass is 206 g/mol. The highest BCUT2D eigenvalue weighted by atomic mass is 15.1. The molecule has 2 heteroatoms. The number of hydrogen-bond acceptors (Lipinski definition) is 2. The zero-order valence-electron chi connectivity index (χ0n) is 10.3. The van der Waals surface area contributed by atoms with E-state index in [9.17, 15) is 0 Å². The first kappa shape index (κ1) is 12.1. The normalized spacial score (nSPS) is 10.7. The molecule has 0 aliphatic carbocycles. The zero-order chi connectivity index (χ0) is 11.3. The van der Waals surface area contributed by atoms with Crippen molar-refractivity contribution in [2.24, 2.45) is 0 Å². The number of benzene rings is 1. The van der Waals surface area contributed by atoms with E-state index in [2.05, 4.69) is 56.4 Å². The highest BCUT2D eigenvalue weighted by Crippen LogP contribution is 2.13. The second-order valence-corrected chi connectivity index (χ2v) is 4.38. The van der Waals surface area contributed by atoms with Crippen molar-refractivity contribution >= 4 is 5.69 Å². The first-order valence-corrected chi connectivity index (χ1v) is 5.55. The van der Waals surface area contributed by atoms with Gasteiger partial charge in [-0.25, -0.2) is 0 Å². The van der Waals surface area contributed by atoms with Gasteiger partial charge in [-0.15, -0.1) is 0 Å². The Balaban J connectivity index is 2.35. The summed E-state index contributed by atoms with van der Waals surface area (Å²) in [7, 11) is 4.21. The average Bonchev–Trinajstić information content (AvgIpc) is 2.18. The lowest BCUT2D eigenvalue weighted by Gasteiger charge is -2.11. The molecule has 1 N–H and O–H groups in total. The van der Waals surface area contributed by atoms with E-state index >= 15 is 0 Å². The molecule has 2 nitrogen and oxygen atoms in total. The van der Waals surface area contributed by atoms with Gasteiger partial charge in [-0.2, -0.15) is 0 Å². The van der Waals surface area contributed by atoms with E-state index in [0.29, 0.717) is 0 Å². The van der Waals surface area contributed by atoms with E-state index in [0.717, 1.165) is 13.1 Å². The summed E-state index contributed by atoms with van der Waals surface area (Å²) in [6, 6.07) is 6.53. The molecule has 0 unspecified atom stereocenters. The molecule has 0 fully saturated rings. The predicted octanol–water partition coefficient (Wildman–Crippen LogP) is 2.67. The van der Waals surface area contributed by atoms with Gasteiger partial charge >= 0.3 is 0 Å². The van der Waals surface area contributed by atoms with Gasteiger partial charge in [0.15, 0.2) is 0 Å². The quantitative estimate of drug-likeness (QED) is 0.745. The Kier molecular flexibility index (Phi) is 4.63. The largest absolute Gasteiger partial charge is 0.385 e. The predicted molar refractivity (Wildman–Crippen MR) is 67.6 cm³/mol. The smallest absolute Gasteiger partial charge is 0.0343 e. The van der Waals surface area contributed by atoms with Crippen LogP contribution < -0.4 is 5.32 Å². The van der Waals surface area contributed by atoms with E-state index in [1.807, 2.05) is 0 Å². The molecule has 0 aliphatic heterocycles. The van der Waals surface area contributed by atoms with E-state index < -0.39 is 0 Å². The molecule has 0 bridgehead atoms. The number of anilines is 1. The van der Waals surface area contributed by atoms with E-state index in [-0.39, 0.29) is 0 Å². The Bertz CT molecular complexity index is 305. The molecule has 0 aromatic heterocycles. The van der Waals surface area contributed by atoms with Crippen LogP contribution in [0.1, 0.15) is 17.5 Å². The van der Waals surface area contributed by atoms with E-state index in [4.69, 9.17) is 0 Å². The molecule has 84 valence electrons. The standard InChI is InChI=1S/C13H22N2/c1-11-6-7-13(10-12(11)2)14-8-5-9-15(3)4/h6-7,10,14H,5,8-9H2,1-4H3. The van der Waals surface area contributed by atoms with Crippen molar-refractivity contribution in [2.75, 3.05) is 32.5 Å². The fraction of sp³-hybridized carbons (Fsp3) is 0.538. The summed E-state index contributed by atoms with van der Waals surface area (Å²) in [6.07, 6.45) is 1.18. The van der Waals surface area contributed by atoms with Crippen LogP contribution in [0.25, 0.3) is 0 Å². The lowest BCUT2D eigenvalue weighted by Crippen LogP contribution is -2.16. The highest BCUT2D eigenvalue weighted by molar-refractivity contribution is 5.47. The molecule has 1 aromatic rings. The van der Waals surface area contributed by atoms with E-state index in [1.165, 1.54) is 23.2 Å². The minimum Gasteiger partial charge on any atom is -0.385 e. The van der Waals surface area contributed by atoms with Gasteiger partial charge in [0.1, 0.15) is 0 Å². The maximum absolute atomic E-state index is 3.44. The van der Waals surface area contributed by atoms with Crippen molar-refractivity contribution < 1.29 is 0 Å². The van der Waals surface area contributed by atoms with Crippen LogP contribution in [0.3, 0.4) is 0 Å². The summed E-state index contributed by atoms with van der Waals surface area (Å²) >= 11 is 0. The fourth-order valence-electron chi connectivity index (χ4n) is 1.48. The molecule has 1 rings (SSSR count). The van der Waals surface area contributed by atoms with Crippen molar-refractivity contribution in [3.63, 3.8) is 0 Å². The van der Waals surface area contributed by atoms with Crippen molar-refractivity contribution in [2.45, 2.75) is 20.3 Å². The summed E-state index contributed by atoms with van der Waals surface area (Å²) in [6.45, 7) is 6.48. The molecule has 15 heavy (non-hydrogen) atoms. The Labute approximate surface area is 93.3 Å². The Morgan fingerprint density at radius 1 is 1.13 bits per heavy atom. The van der Waals surface area contributed by atoms with Crippen LogP contribution in [-0.4, -0.2) is 32.1 Å². The first-order valence-electron chi connectivity index (χ1n) is 5.55. The van der Waals surface area contributed by atoms with Gasteiger partial charge in [-0.3, -0.25) is 0 Å². The number of nitrogens with zero attached hydrogens (tertiary/aromatic N) is 1. The average molecular weight is 206 g/mol. The molecule has 0 radical (unpaired) electrons. The van der Waals surface area contributed by atoms with Crippen LogP contribution in [0, 0.1) is 13.8 Å². The Morgan fingerprint density at radius 2 is 1.87 bits per heavy atom. The molecule has 0 saturated heterocycles. The Hall–Kier alpha value is -1.02. The van der Waals surface area contributed by atoms with Crippen molar-refractivity contribution in [3.8, 4) is 0 Å². The molecule has 0 heterocycles. The lowest BCUT2D eigenvalue weighted by atomic mass is 10.1. The summed E-state index contributed by atoms with van der Waals surface area (Å²) in [4.78, 5) is 2.21. The molecule has 1 aromatic carbocycles. The second-order valence-electron chi connectivity index (χ2n) is 4.38. The molecule has 0 amide bonds. The molecule has 0 aliphatic rings. The molecule has 0 saturated carbocycles. The summed E-state index contributed by atoms with van der Waals surface area (Å²) in [5.41, 5.74) is 3.94. The summed E-state index contributed by atoms with van der Waals surface area (Å²) in [5, 5.41) is 3.44. The first-order chi connectivity index (χ1) is 7.09. The SMILES string of the molecule is Cc1ccc(NCCCN(C)C)cc1C. The minimum absolute atomic E-state index is 1.04. The molecule has 0 atom stereocenters. The van der Waals surface area contributed by atoms with Gasteiger partial charge in [0, 0.05) is 12.2 Å². The third-order valence-corrected chi connectivity index (χ3v) is 2.62. The van der Waals surface area contributed by atoms with Crippen LogP contribution in [0.15, 0.2) is 18.2 Å². The van der Waals surface area contributed by atoms with Crippen LogP contribution in [0.5, 0.6) is 0 Å². The number of nitrogens with one attached hydrogen (secondary N) is 1. The zero-order valence-corrected chi connectivity index (χ0v) is 10.3. The maximum atomic E-state index is 3.44. The highest BCUT2D eigenvalue weighted by Gasteiger charge is 1.95. The van der Waals surface area contributed by atoms with Crippen molar-refractivity contribution in [1.82, 2.24) is 4.90 Å². The topological polar surface area (TPSA) is 15.3 Å². The van der Waals surface area contributed by atoms with E-state index in [1.54, 1.807) is 0 Å². The van der Waals surface area contributed by atoms with Crippen molar-refractivity contribution in [1.29, 1.82) is 0 Å². The Morgan fingerprint density at radius 3 is 2.47 bits per heavy atom. The van der Waals surface area contributed by atoms with Crippen LogP contribution in [0.4, 0.5) is 5.69 Å². The number of aryl methyl sites for hydroxylation is 2. The fourth-order valence-corrected chi connectivity index (χ4v) is 1.48.